The lowest BCUT2D eigenvalue weighted by atomic mass is 9.85. The first kappa shape index (κ1) is 18.6. The van der Waals surface area contributed by atoms with E-state index in [1.165, 1.54) is 6.26 Å². The second-order valence-corrected chi connectivity index (χ2v) is 5.99. The number of aliphatic imine (C=N–C) groups is 1. The lowest BCUT2D eigenvalue weighted by Gasteiger charge is -2.31. The number of rotatable bonds is 5. The van der Waals surface area contributed by atoms with Crippen LogP contribution in [0.4, 0.5) is 13.2 Å². The number of aliphatic hydroxyl groups is 1. The fourth-order valence-electron chi connectivity index (χ4n) is 2.83. The van der Waals surface area contributed by atoms with Gasteiger partial charge in [0.15, 0.2) is 5.96 Å². The molecule has 1 aromatic rings. The van der Waals surface area contributed by atoms with E-state index in [2.05, 4.69) is 15.6 Å². The average Bonchev–Trinajstić information content (AvgIpc) is 3.06. The molecule has 1 saturated carbocycles. The Balaban J connectivity index is 1.86. The quantitative estimate of drug-likeness (QED) is 0.566. The molecule has 1 unspecified atom stereocenters. The van der Waals surface area contributed by atoms with Crippen molar-refractivity contribution in [3.8, 4) is 0 Å². The number of nitrogens with one attached hydrogen (secondary N) is 2. The van der Waals surface area contributed by atoms with Crippen LogP contribution < -0.4 is 10.6 Å². The molecule has 8 heteroatoms. The van der Waals surface area contributed by atoms with Gasteiger partial charge in [-0.25, -0.2) is 0 Å². The largest absolute Gasteiger partial charge is 0.467 e. The van der Waals surface area contributed by atoms with Gasteiger partial charge in [0.05, 0.1) is 18.7 Å². The van der Waals surface area contributed by atoms with Crippen LogP contribution in [0.3, 0.4) is 0 Å². The Hall–Kier alpha value is -1.70. The van der Waals surface area contributed by atoms with Crippen molar-refractivity contribution in [1.82, 2.24) is 10.6 Å². The third kappa shape index (κ3) is 5.43. The number of guanidine groups is 1. The summed E-state index contributed by atoms with van der Waals surface area (Å²) in [6, 6.07) is 3.31. The van der Waals surface area contributed by atoms with Crippen molar-refractivity contribution in [2.75, 3.05) is 13.1 Å². The number of nitrogens with zero attached hydrogens (tertiary/aromatic N) is 1. The van der Waals surface area contributed by atoms with Gasteiger partial charge in [-0.1, -0.05) is 0 Å². The molecule has 1 aromatic heterocycles. The standard InChI is InChI=1S/C16H24F3N3O2/c1-2-20-15(21-10-13(23)14-4-3-9-24-14)22-12-7-5-11(6-8-12)16(17,18)19/h3-4,9,11-13,23H,2,5-8,10H2,1H3,(H2,20,21,22). The number of aliphatic hydroxyl groups excluding tert-OH is 1. The third-order valence-corrected chi connectivity index (χ3v) is 4.17. The average molecular weight is 347 g/mol. The van der Waals surface area contributed by atoms with Gasteiger partial charge in [-0.05, 0) is 44.7 Å². The number of hydrogen-bond acceptors (Lipinski definition) is 3. The Kier molecular flexibility index (Phi) is 6.53. The molecular formula is C16H24F3N3O2. The fraction of sp³-hybridized carbons (Fsp3) is 0.688. The van der Waals surface area contributed by atoms with E-state index < -0.39 is 18.2 Å². The predicted octanol–water partition coefficient (Wildman–Crippen LogP) is 2.99. The van der Waals surface area contributed by atoms with Crippen LogP contribution in [-0.2, 0) is 0 Å². The Morgan fingerprint density at radius 2 is 2.08 bits per heavy atom. The molecule has 0 aromatic carbocycles. The SMILES string of the molecule is CCNC(=NCC(O)c1ccco1)NC1CCC(C(F)(F)F)CC1. The smallest absolute Gasteiger partial charge is 0.391 e. The zero-order chi connectivity index (χ0) is 17.6. The van der Waals surface area contributed by atoms with Gasteiger partial charge in [0.25, 0.3) is 0 Å². The molecule has 3 N–H and O–H groups in total. The first-order valence-electron chi connectivity index (χ1n) is 8.23. The number of furan rings is 1. The molecule has 2 rings (SSSR count). The van der Waals surface area contributed by atoms with E-state index in [1.807, 2.05) is 6.92 Å². The third-order valence-electron chi connectivity index (χ3n) is 4.17. The highest BCUT2D eigenvalue weighted by Crippen LogP contribution is 2.37. The van der Waals surface area contributed by atoms with Gasteiger partial charge in [0.2, 0.25) is 0 Å². The van der Waals surface area contributed by atoms with E-state index in [4.69, 9.17) is 4.42 Å². The van der Waals surface area contributed by atoms with E-state index in [0.29, 0.717) is 31.1 Å². The summed E-state index contributed by atoms with van der Waals surface area (Å²) in [5, 5.41) is 16.2. The summed E-state index contributed by atoms with van der Waals surface area (Å²) in [4.78, 5) is 4.29. The van der Waals surface area contributed by atoms with Crippen LogP contribution in [0.2, 0.25) is 0 Å². The minimum Gasteiger partial charge on any atom is -0.467 e. The maximum absolute atomic E-state index is 12.7. The molecule has 0 amide bonds. The molecule has 5 nitrogen and oxygen atoms in total. The molecule has 136 valence electrons. The molecule has 1 aliphatic carbocycles. The predicted molar refractivity (Wildman–Crippen MR) is 84.6 cm³/mol. The van der Waals surface area contributed by atoms with Crippen LogP contribution in [0.5, 0.6) is 0 Å². The van der Waals surface area contributed by atoms with Crippen LogP contribution in [0, 0.1) is 5.92 Å². The lowest BCUT2D eigenvalue weighted by Crippen LogP contribution is -2.46. The van der Waals surface area contributed by atoms with Crippen LogP contribution in [0.15, 0.2) is 27.8 Å². The van der Waals surface area contributed by atoms with Gasteiger partial charge in [0, 0.05) is 12.6 Å². The molecular weight excluding hydrogens is 323 g/mol. The Bertz CT molecular complexity index is 509. The van der Waals surface area contributed by atoms with Crippen molar-refractivity contribution in [3.05, 3.63) is 24.2 Å². The molecule has 0 aliphatic heterocycles. The van der Waals surface area contributed by atoms with Crippen molar-refractivity contribution in [1.29, 1.82) is 0 Å². The highest BCUT2D eigenvalue weighted by molar-refractivity contribution is 5.80. The van der Waals surface area contributed by atoms with Crippen molar-refractivity contribution in [3.63, 3.8) is 0 Å². The molecule has 24 heavy (non-hydrogen) atoms. The maximum Gasteiger partial charge on any atom is 0.391 e. The Morgan fingerprint density at radius 1 is 1.38 bits per heavy atom. The Morgan fingerprint density at radius 3 is 2.62 bits per heavy atom. The lowest BCUT2D eigenvalue weighted by molar-refractivity contribution is -0.182. The monoisotopic (exact) mass is 347 g/mol. The van der Waals surface area contributed by atoms with Crippen LogP contribution in [0.25, 0.3) is 0 Å². The van der Waals surface area contributed by atoms with E-state index in [-0.39, 0.29) is 25.4 Å². The highest BCUT2D eigenvalue weighted by atomic mass is 19.4. The minimum atomic E-state index is -4.10. The molecule has 0 saturated heterocycles. The summed E-state index contributed by atoms with van der Waals surface area (Å²) in [7, 11) is 0. The van der Waals surface area contributed by atoms with Gasteiger partial charge < -0.3 is 20.2 Å². The molecule has 1 aliphatic rings. The van der Waals surface area contributed by atoms with E-state index in [9.17, 15) is 18.3 Å². The first-order valence-corrected chi connectivity index (χ1v) is 8.23. The van der Waals surface area contributed by atoms with Gasteiger partial charge >= 0.3 is 6.18 Å². The van der Waals surface area contributed by atoms with Gasteiger partial charge in [0.1, 0.15) is 11.9 Å². The summed E-state index contributed by atoms with van der Waals surface area (Å²) in [5.41, 5.74) is 0. The van der Waals surface area contributed by atoms with Gasteiger partial charge in [-0.15, -0.1) is 0 Å². The number of halogens is 3. The number of hydrogen-bond donors (Lipinski definition) is 3. The molecule has 1 atom stereocenters. The van der Waals surface area contributed by atoms with Crippen molar-refractivity contribution in [2.45, 2.75) is 50.9 Å². The zero-order valence-electron chi connectivity index (χ0n) is 13.6. The van der Waals surface area contributed by atoms with E-state index >= 15 is 0 Å². The molecule has 1 heterocycles. The molecule has 0 radical (unpaired) electrons. The van der Waals surface area contributed by atoms with Crippen molar-refractivity contribution < 1.29 is 22.7 Å². The summed E-state index contributed by atoms with van der Waals surface area (Å²) < 4.78 is 43.2. The minimum absolute atomic E-state index is 0.0397. The highest BCUT2D eigenvalue weighted by Gasteiger charge is 2.41. The van der Waals surface area contributed by atoms with Gasteiger partial charge in [-0.3, -0.25) is 4.99 Å². The fourth-order valence-corrected chi connectivity index (χ4v) is 2.83. The second-order valence-electron chi connectivity index (χ2n) is 5.99. The van der Waals surface area contributed by atoms with Crippen LogP contribution in [0.1, 0.15) is 44.5 Å². The molecule has 1 fully saturated rings. The summed E-state index contributed by atoms with van der Waals surface area (Å²) in [6.07, 6.45) is -2.30. The van der Waals surface area contributed by atoms with Crippen molar-refractivity contribution >= 4 is 5.96 Å². The zero-order valence-corrected chi connectivity index (χ0v) is 13.6. The summed E-state index contributed by atoms with van der Waals surface area (Å²) in [6.45, 7) is 2.64. The molecule has 0 bridgehead atoms. The van der Waals surface area contributed by atoms with E-state index in [0.717, 1.165) is 0 Å². The first-order chi connectivity index (χ1) is 11.4. The Labute approximate surface area is 139 Å². The van der Waals surface area contributed by atoms with Crippen molar-refractivity contribution in [2.24, 2.45) is 10.9 Å². The summed E-state index contributed by atoms with van der Waals surface area (Å²) in [5.74, 6) is -0.269. The van der Waals surface area contributed by atoms with Crippen LogP contribution >= 0.6 is 0 Å². The van der Waals surface area contributed by atoms with E-state index in [1.54, 1.807) is 12.1 Å². The normalized spacial score (nSPS) is 23.8. The topological polar surface area (TPSA) is 69.8 Å². The van der Waals surface area contributed by atoms with Crippen LogP contribution in [-0.4, -0.2) is 36.4 Å². The number of alkyl halides is 3. The summed E-state index contributed by atoms with van der Waals surface area (Å²) >= 11 is 0. The van der Waals surface area contributed by atoms with Gasteiger partial charge in [-0.2, -0.15) is 13.2 Å². The maximum atomic E-state index is 12.7. The second kappa shape index (κ2) is 8.41. The molecule has 0 spiro atoms.